The molecule has 0 aliphatic rings. The number of benzene rings is 2. The Morgan fingerprint density at radius 1 is 1.03 bits per heavy atom. The lowest BCUT2D eigenvalue weighted by molar-refractivity contribution is 0.0955. The smallest absolute Gasteiger partial charge is 0.272 e. The van der Waals surface area contributed by atoms with Crippen LogP contribution in [0.2, 0.25) is 5.02 Å². The van der Waals surface area contributed by atoms with Crippen molar-refractivity contribution in [2.75, 3.05) is 0 Å². The highest BCUT2D eigenvalue weighted by Crippen LogP contribution is 2.28. The van der Waals surface area contributed by atoms with Gasteiger partial charge >= 0.3 is 0 Å². The zero-order valence-electron chi connectivity index (χ0n) is 17.0. The van der Waals surface area contributed by atoms with Crippen molar-refractivity contribution >= 4 is 35.5 Å². The first-order valence-electron chi connectivity index (χ1n) is 9.62. The number of hydrazone groups is 1. The van der Waals surface area contributed by atoms with E-state index in [4.69, 9.17) is 16.0 Å². The average Bonchev–Trinajstić information content (AvgIpc) is 3.35. The molecule has 0 aliphatic carbocycles. The summed E-state index contributed by atoms with van der Waals surface area (Å²) in [5, 5.41) is 5.12. The summed E-state index contributed by atoms with van der Waals surface area (Å²) in [6, 6.07) is 23.0. The molecule has 2 aromatic heterocycles. The van der Waals surface area contributed by atoms with Gasteiger partial charge in [-0.15, -0.1) is 0 Å². The molecule has 1 amide bonds. The van der Waals surface area contributed by atoms with Crippen molar-refractivity contribution < 1.29 is 9.21 Å². The number of furan rings is 1. The summed E-state index contributed by atoms with van der Waals surface area (Å²) in [4.78, 5) is 13.7. The van der Waals surface area contributed by atoms with Crippen LogP contribution in [0, 0.1) is 13.8 Å². The minimum atomic E-state index is -0.393. The van der Waals surface area contributed by atoms with Crippen LogP contribution in [-0.2, 0) is 0 Å². The Hall–Kier alpha value is -3.22. The molecule has 0 atom stereocenters. The molecule has 31 heavy (non-hydrogen) atoms. The lowest BCUT2D eigenvalue weighted by Crippen LogP contribution is -2.18. The normalized spacial score (nSPS) is 11.2. The third-order valence-electron chi connectivity index (χ3n) is 4.65. The van der Waals surface area contributed by atoms with Gasteiger partial charge in [-0.25, -0.2) is 5.43 Å². The van der Waals surface area contributed by atoms with Gasteiger partial charge in [0.15, 0.2) is 5.09 Å². The first-order valence-corrected chi connectivity index (χ1v) is 10.8. The molecule has 0 bridgehead atoms. The van der Waals surface area contributed by atoms with Crippen LogP contribution in [0.4, 0.5) is 0 Å². The fourth-order valence-corrected chi connectivity index (χ4v) is 4.18. The third kappa shape index (κ3) is 4.93. The number of nitrogens with zero attached hydrogens (tertiary/aromatic N) is 2. The van der Waals surface area contributed by atoms with E-state index >= 15 is 0 Å². The summed E-state index contributed by atoms with van der Waals surface area (Å²) >= 11 is 7.78. The van der Waals surface area contributed by atoms with E-state index in [9.17, 15) is 4.79 Å². The summed E-state index contributed by atoms with van der Waals surface area (Å²) in [5.74, 6) is 0.146. The number of rotatable bonds is 6. The number of hydrogen-bond acceptors (Lipinski definition) is 4. The zero-order chi connectivity index (χ0) is 21.8. The van der Waals surface area contributed by atoms with Gasteiger partial charge in [-0.2, -0.15) is 5.10 Å². The Balaban J connectivity index is 1.44. The van der Waals surface area contributed by atoms with Gasteiger partial charge in [0.05, 0.1) is 16.8 Å². The molecule has 5 nitrogen and oxygen atoms in total. The molecule has 0 radical (unpaired) electrons. The number of amides is 1. The first-order chi connectivity index (χ1) is 15.0. The van der Waals surface area contributed by atoms with Crippen LogP contribution in [0.3, 0.4) is 0 Å². The van der Waals surface area contributed by atoms with Crippen LogP contribution in [0.25, 0.3) is 5.69 Å². The summed E-state index contributed by atoms with van der Waals surface area (Å²) in [6.07, 6.45) is 1.46. The van der Waals surface area contributed by atoms with E-state index in [1.54, 1.807) is 18.2 Å². The number of nitrogens with one attached hydrogen (secondary N) is 1. The van der Waals surface area contributed by atoms with E-state index in [0.29, 0.717) is 16.3 Å². The van der Waals surface area contributed by atoms with Crippen molar-refractivity contribution in [3.63, 3.8) is 0 Å². The minimum Gasteiger partial charge on any atom is -0.448 e. The molecule has 1 N–H and O–H groups in total. The number of carbonyl (C=O) groups is 1. The van der Waals surface area contributed by atoms with Gasteiger partial charge in [-0.05, 0) is 68.4 Å². The topological polar surface area (TPSA) is 59.5 Å². The van der Waals surface area contributed by atoms with Crippen LogP contribution in [0.15, 0.2) is 92.3 Å². The quantitative estimate of drug-likeness (QED) is 0.279. The van der Waals surface area contributed by atoms with Gasteiger partial charge in [-0.3, -0.25) is 4.79 Å². The largest absolute Gasteiger partial charge is 0.448 e. The van der Waals surface area contributed by atoms with Gasteiger partial charge in [0, 0.05) is 22.0 Å². The molecule has 4 aromatic rings. The highest BCUT2D eigenvalue weighted by molar-refractivity contribution is 7.99. The van der Waals surface area contributed by atoms with Crippen molar-refractivity contribution in [2.24, 2.45) is 5.10 Å². The highest BCUT2D eigenvalue weighted by atomic mass is 35.5. The molecular formula is C24H20ClN3O2S. The predicted octanol–water partition coefficient (Wildman–Crippen LogP) is 6.26. The first kappa shape index (κ1) is 21.0. The lowest BCUT2D eigenvalue weighted by Gasteiger charge is -2.11. The Bertz CT molecular complexity index is 1230. The third-order valence-corrected chi connectivity index (χ3v) is 5.90. The minimum absolute atomic E-state index is 0.351. The van der Waals surface area contributed by atoms with Crippen molar-refractivity contribution in [1.29, 1.82) is 0 Å². The molecule has 0 saturated carbocycles. The van der Waals surface area contributed by atoms with Gasteiger partial charge in [0.2, 0.25) is 0 Å². The van der Waals surface area contributed by atoms with Crippen LogP contribution in [0.5, 0.6) is 0 Å². The summed E-state index contributed by atoms with van der Waals surface area (Å²) < 4.78 is 7.79. The maximum absolute atomic E-state index is 12.6. The van der Waals surface area contributed by atoms with Crippen molar-refractivity contribution in [3.05, 3.63) is 101 Å². The second-order valence-corrected chi connectivity index (χ2v) is 8.37. The van der Waals surface area contributed by atoms with Crippen molar-refractivity contribution in [1.82, 2.24) is 9.99 Å². The highest BCUT2D eigenvalue weighted by Gasteiger charge is 2.13. The molecule has 156 valence electrons. The maximum atomic E-state index is 12.6. The lowest BCUT2D eigenvalue weighted by atomic mass is 10.2. The second kappa shape index (κ2) is 9.29. The molecule has 0 saturated heterocycles. The number of carbonyl (C=O) groups excluding carboxylic acids is 1. The molecule has 0 spiro atoms. The Kier molecular flexibility index (Phi) is 6.30. The molecule has 0 unspecified atom stereocenters. The standard InChI is InChI=1S/C24H20ClN3O2S/c1-16-8-9-17(2)28(16)18-10-12-22(25)21(14-18)24(29)27-26-15-19-11-13-23(30-19)31-20-6-4-3-5-7-20/h3-15H,1-2H3,(H,27,29). The molecule has 2 aromatic carbocycles. The maximum Gasteiger partial charge on any atom is 0.272 e. The van der Waals surface area contributed by atoms with Gasteiger partial charge < -0.3 is 8.98 Å². The summed E-state index contributed by atoms with van der Waals surface area (Å²) in [7, 11) is 0. The van der Waals surface area contributed by atoms with Crippen LogP contribution in [-0.4, -0.2) is 16.7 Å². The van der Waals surface area contributed by atoms with E-state index in [1.807, 2.05) is 68.4 Å². The molecule has 7 heteroatoms. The van der Waals surface area contributed by atoms with Crippen LogP contribution in [0.1, 0.15) is 27.5 Å². The van der Waals surface area contributed by atoms with E-state index in [-0.39, 0.29) is 0 Å². The van der Waals surface area contributed by atoms with E-state index in [0.717, 1.165) is 27.1 Å². The molecule has 0 aliphatic heterocycles. The molecule has 4 rings (SSSR count). The number of halogens is 1. The van der Waals surface area contributed by atoms with Gasteiger partial charge in [0.1, 0.15) is 5.76 Å². The fourth-order valence-electron chi connectivity index (χ4n) is 3.18. The summed E-state index contributed by atoms with van der Waals surface area (Å²) in [5.41, 5.74) is 5.89. The van der Waals surface area contributed by atoms with E-state index in [2.05, 4.69) is 15.1 Å². The number of aryl methyl sites for hydroxylation is 2. The van der Waals surface area contributed by atoms with Crippen LogP contribution >= 0.6 is 23.4 Å². The predicted molar refractivity (Wildman–Crippen MR) is 125 cm³/mol. The zero-order valence-corrected chi connectivity index (χ0v) is 18.6. The summed E-state index contributed by atoms with van der Waals surface area (Å²) in [6.45, 7) is 4.03. The van der Waals surface area contributed by atoms with E-state index < -0.39 is 5.91 Å². The monoisotopic (exact) mass is 449 g/mol. The van der Waals surface area contributed by atoms with Crippen molar-refractivity contribution in [2.45, 2.75) is 23.8 Å². The van der Waals surface area contributed by atoms with Crippen LogP contribution < -0.4 is 5.43 Å². The Morgan fingerprint density at radius 2 is 1.77 bits per heavy atom. The fraction of sp³-hybridized carbons (Fsp3) is 0.0833. The van der Waals surface area contributed by atoms with Gasteiger partial charge in [-0.1, -0.05) is 41.6 Å². The molecular weight excluding hydrogens is 430 g/mol. The molecule has 2 heterocycles. The van der Waals surface area contributed by atoms with Crippen molar-refractivity contribution in [3.8, 4) is 5.69 Å². The number of hydrogen-bond donors (Lipinski definition) is 1. The Morgan fingerprint density at radius 3 is 2.52 bits per heavy atom. The Labute approximate surface area is 189 Å². The second-order valence-electron chi connectivity index (χ2n) is 6.89. The van der Waals surface area contributed by atoms with E-state index in [1.165, 1.54) is 18.0 Å². The SMILES string of the molecule is Cc1ccc(C)n1-c1ccc(Cl)c(C(=O)NN=Cc2ccc(Sc3ccccc3)o2)c1. The van der Waals surface area contributed by atoms with Gasteiger partial charge in [0.25, 0.3) is 5.91 Å². The average molecular weight is 450 g/mol. The molecule has 0 fully saturated rings. The number of aromatic nitrogens is 1.